The molecule has 0 aromatic heterocycles. The summed E-state index contributed by atoms with van der Waals surface area (Å²) in [5.41, 5.74) is 0.815. The number of benzene rings is 2. The third-order valence-electron chi connectivity index (χ3n) is 6.74. The van der Waals surface area contributed by atoms with Gasteiger partial charge in [0.15, 0.2) is 6.61 Å². The van der Waals surface area contributed by atoms with E-state index in [2.05, 4.69) is 0 Å². The number of ketones is 1. The fourth-order valence-corrected chi connectivity index (χ4v) is 4.83. The fraction of sp³-hybridized carbons (Fsp3) is 0.393. The summed E-state index contributed by atoms with van der Waals surface area (Å²) in [6, 6.07) is 11.9. The lowest BCUT2D eigenvalue weighted by Crippen LogP contribution is -2.48. The van der Waals surface area contributed by atoms with Gasteiger partial charge in [0.2, 0.25) is 11.7 Å². The van der Waals surface area contributed by atoms with Crippen molar-refractivity contribution < 1.29 is 38.2 Å². The number of likely N-dealkylation sites (tertiary alicyclic amines) is 1. The molecule has 2 atom stereocenters. The molecule has 2 aromatic carbocycles. The summed E-state index contributed by atoms with van der Waals surface area (Å²) < 4.78 is 15.5. The molecule has 2 amide bonds. The molecule has 0 bridgehead atoms. The summed E-state index contributed by atoms with van der Waals surface area (Å²) in [6.45, 7) is 2.57. The van der Waals surface area contributed by atoms with Crippen LogP contribution < -0.4 is 9.64 Å². The molecule has 2 aromatic rings. The zero-order valence-electron chi connectivity index (χ0n) is 21.4. The van der Waals surface area contributed by atoms with Crippen molar-refractivity contribution in [3.05, 3.63) is 59.7 Å². The summed E-state index contributed by atoms with van der Waals surface area (Å²) >= 11 is 0. The Morgan fingerprint density at radius 2 is 1.74 bits per heavy atom. The molecule has 4 rings (SSSR count). The summed E-state index contributed by atoms with van der Waals surface area (Å²) in [5, 5.41) is 0. The van der Waals surface area contributed by atoms with Crippen LogP contribution in [-0.2, 0) is 23.9 Å². The van der Waals surface area contributed by atoms with E-state index < -0.39 is 24.4 Å². The van der Waals surface area contributed by atoms with Crippen LogP contribution in [-0.4, -0.2) is 73.9 Å². The average molecular weight is 523 g/mol. The van der Waals surface area contributed by atoms with Gasteiger partial charge in [-0.2, -0.15) is 0 Å². The van der Waals surface area contributed by atoms with Gasteiger partial charge < -0.3 is 14.2 Å². The largest absolute Gasteiger partial charge is 0.496 e. The van der Waals surface area contributed by atoms with Gasteiger partial charge in [-0.3, -0.25) is 24.1 Å². The lowest BCUT2D eigenvalue weighted by atomic mass is 9.96. The van der Waals surface area contributed by atoms with Gasteiger partial charge in [-0.1, -0.05) is 12.1 Å². The minimum atomic E-state index is -0.713. The van der Waals surface area contributed by atoms with Gasteiger partial charge in [-0.15, -0.1) is 0 Å². The molecular weight excluding hydrogens is 492 g/mol. The monoisotopic (exact) mass is 522 g/mol. The molecule has 38 heavy (non-hydrogen) atoms. The molecule has 2 aliphatic rings. The Bertz CT molecular complexity index is 1230. The molecule has 2 aliphatic heterocycles. The number of amides is 2. The summed E-state index contributed by atoms with van der Waals surface area (Å²) in [6.07, 6.45) is 1.44. The van der Waals surface area contributed by atoms with Gasteiger partial charge in [-0.25, -0.2) is 9.69 Å². The third kappa shape index (κ3) is 5.75. The molecule has 2 saturated heterocycles. The van der Waals surface area contributed by atoms with E-state index in [9.17, 15) is 24.0 Å². The van der Waals surface area contributed by atoms with Crippen LogP contribution >= 0.6 is 0 Å². The van der Waals surface area contributed by atoms with Gasteiger partial charge in [0, 0.05) is 6.54 Å². The molecule has 0 saturated carbocycles. The maximum atomic E-state index is 13.2. The van der Waals surface area contributed by atoms with E-state index in [1.807, 2.05) is 4.90 Å². The van der Waals surface area contributed by atoms with Crippen molar-refractivity contribution in [1.82, 2.24) is 4.90 Å². The standard InChI is InChI=1S/C28H30N2O8/c1-3-37-28(35)19-7-6-14-29(16-19)22-15-25(32)30(26(22)33)20-12-10-18(11-13-20)27(34)38-17-23(31)21-8-4-5-9-24(21)36-2/h4-5,8-13,19,22H,3,6-7,14-17H2,1-2H3. The predicted octanol–water partition coefficient (Wildman–Crippen LogP) is 2.64. The number of hydrogen-bond acceptors (Lipinski definition) is 9. The number of carbonyl (C=O) groups is 5. The van der Waals surface area contributed by atoms with E-state index in [4.69, 9.17) is 14.2 Å². The Morgan fingerprint density at radius 1 is 1.00 bits per heavy atom. The summed E-state index contributed by atoms with van der Waals surface area (Å²) in [4.78, 5) is 66.1. The second-order valence-corrected chi connectivity index (χ2v) is 9.12. The van der Waals surface area contributed by atoms with Crippen LogP contribution in [0.25, 0.3) is 0 Å². The van der Waals surface area contributed by atoms with Crippen LogP contribution in [0.3, 0.4) is 0 Å². The lowest BCUT2D eigenvalue weighted by Gasteiger charge is -2.34. The average Bonchev–Trinajstić information content (AvgIpc) is 3.25. The topological polar surface area (TPSA) is 120 Å². The van der Waals surface area contributed by atoms with Crippen LogP contribution in [0.1, 0.15) is 46.9 Å². The molecule has 0 N–H and O–H groups in total. The molecular formula is C28H30N2O8. The first kappa shape index (κ1) is 27.0. The Morgan fingerprint density at radius 3 is 2.45 bits per heavy atom. The number of carbonyl (C=O) groups excluding carboxylic acids is 5. The minimum absolute atomic E-state index is 0.0171. The van der Waals surface area contributed by atoms with Gasteiger partial charge in [0.05, 0.1) is 48.9 Å². The number of para-hydroxylation sites is 1. The Kier molecular flexibility index (Phi) is 8.52. The number of methoxy groups -OCH3 is 1. The molecule has 0 radical (unpaired) electrons. The second kappa shape index (κ2) is 12.0. The first-order valence-electron chi connectivity index (χ1n) is 12.5. The molecule has 200 valence electrons. The van der Waals surface area contributed by atoms with Crippen LogP contribution in [0.2, 0.25) is 0 Å². The van der Waals surface area contributed by atoms with Gasteiger partial charge in [0.1, 0.15) is 5.75 Å². The Labute approximate surface area is 220 Å². The maximum absolute atomic E-state index is 13.2. The van der Waals surface area contributed by atoms with Crippen molar-refractivity contribution in [2.45, 2.75) is 32.2 Å². The molecule has 10 nitrogen and oxygen atoms in total. The van der Waals surface area contributed by atoms with Crippen LogP contribution in [0, 0.1) is 5.92 Å². The normalized spacial score (nSPS) is 19.8. The van der Waals surface area contributed by atoms with E-state index in [-0.39, 0.29) is 35.7 Å². The van der Waals surface area contributed by atoms with Gasteiger partial charge in [-0.05, 0) is 62.7 Å². The minimum Gasteiger partial charge on any atom is -0.496 e. The highest BCUT2D eigenvalue weighted by Crippen LogP contribution is 2.29. The zero-order valence-corrected chi connectivity index (χ0v) is 21.4. The first-order valence-corrected chi connectivity index (χ1v) is 12.5. The van der Waals surface area contributed by atoms with Crippen LogP contribution in [0.15, 0.2) is 48.5 Å². The SMILES string of the molecule is CCOC(=O)C1CCCN(C2CC(=O)N(c3ccc(C(=O)OCC(=O)c4ccccc4OC)cc3)C2=O)C1. The van der Waals surface area contributed by atoms with Crippen molar-refractivity contribution in [1.29, 1.82) is 0 Å². The lowest BCUT2D eigenvalue weighted by molar-refractivity contribution is -0.150. The summed E-state index contributed by atoms with van der Waals surface area (Å²) in [7, 11) is 1.45. The number of imide groups is 1. The Hall–Kier alpha value is -4.05. The fourth-order valence-electron chi connectivity index (χ4n) is 4.83. The number of rotatable bonds is 9. The third-order valence-corrected chi connectivity index (χ3v) is 6.74. The van der Waals surface area contributed by atoms with Crippen LogP contribution in [0.5, 0.6) is 5.75 Å². The van der Waals surface area contributed by atoms with E-state index in [1.54, 1.807) is 31.2 Å². The first-order chi connectivity index (χ1) is 18.3. The predicted molar refractivity (Wildman–Crippen MR) is 136 cm³/mol. The highest BCUT2D eigenvalue weighted by atomic mass is 16.5. The van der Waals surface area contributed by atoms with Crippen molar-refractivity contribution in [2.24, 2.45) is 5.92 Å². The maximum Gasteiger partial charge on any atom is 0.338 e. The number of nitrogens with zero attached hydrogens (tertiary/aromatic N) is 2. The zero-order chi connectivity index (χ0) is 27.2. The van der Waals surface area contributed by atoms with Crippen molar-refractivity contribution in [2.75, 3.05) is 38.3 Å². The smallest absolute Gasteiger partial charge is 0.338 e. The quantitative estimate of drug-likeness (QED) is 0.278. The number of Topliss-reactive ketones (excluding diaryl/α,β-unsaturated/α-hetero) is 1. The molecule has 2 fully saturated rings. The Balaban J connectivity index is 1.37. The van der Waals surface area contributed by atoms with E-state index in [1.165, 1.54) is 31.4 Å². The van der Waals surface area contributed by atoms with E-state index in [0.29, 0.717) is 43.1 Å². The number of hydrogen-bond donors (Lipinski definition) is 0. The van der Waals surface area contributed by atoms with Gasteiger partial charge in [0.25, 0.3) is 5.91 Å². The molecule has 2 unspecified atom stereocenters. The van der Waals surface area contributed by atoms with E-state index >= 15 is 0 Å². The highest BCUT2D eigenvalue weighted by molar-refractivity contribution is 6.22. The number of piperidine rings is 1. The highest BCUT2D eigenvalue weighted by Gasteiger charge is 2.44. The number of ether oxygens (including phenoxy) is 3. The number of anilines is 1. The van der Waals surface area contributed by atoms with Crippen molar-refractivity contribution >= 4 is 35.2 Å². The van der Waals surface area contributed by atoms with Gasteiger partial charge >= 0.3 is 11.9 Å². The van der Waals surface area contributed by atoms with Crippen molar-refractivity contribution in [3.8, 4) is 5.75 Å². The number of esters is 2. The second-order valence-electron chi connectivity index (χ2n) is 9.12. The molecule has 2 heterocycles. The molecule has 10 heteroatoms. The summed E-state index contributed by atoms with van der Waals surface area (Å²) in [5.74, 6) is -2.05. The van der Waals surface area contributed by atoms with Crippen LogP contribution in [0.4, 0.5) is 5.69 Å². The van der Waals surface area contributed by atoms with E-state index in [0.717, 1.165) is 11.3 Å². The molecule has 0 aliphatic carbocycles. The van der Waals surface area contributed by atoms with Crippen molar-refractivity contribution in [3.63, 3.8) is 0 Å². The molecule has 0 spiro atoms.